The first-order chi connectivity index (χ1) is 13.7. The molecule has 7 heteroatoms. The minimum Gasteiger partial charge on any atom is -0.496 e. The standard InChI is InChI=1S/C21H21N3O4/c1-4-11-28-15-7-5-14(6-8-15)13-22-24-21(25)17-12-16-18(26-2)9-10-19(27-3)20(16)23-17/h4-10,12-13,23H,1,11H2,2-3H3,(H,24,25). The Balaban J connectivity index is 1.71. The number of aromatic amines is 1. The fourth-order valence-electron chi connectivity index (χ4n) is 2.67. The van der Waals surface area contributed by atoms with Crippen LogP contribution in [0.15, 0.2) is 60.2 Å². The molecule has 28 heavy (non-hydrogen) atoms. The van der Waals surface area contributed by atoms with Crippen molar-refractivity contribution in [1.29, 1.82) is 0 Å². The lowest BCUT2D eigenvalue weighted by molar-refractivity contribution is 0.0951. The normalized spacial score (nSPS) is 10.8. The first-order valence-electron chi connectivity index (χ1n) is 8.57. The molecule has 7 nitrogen and oxygen atoms in total. The second kappa shape index (κ2) is 8.77. The van der Waals surface area contributed by atoms with Crippen LogP contribution in [0.3, 0.4) is 0 Å². The average Bonchev–Trinajstić information content (AvgIpc) is 3.18. The van der Waals surface area contributed by atoms with E-state index in [9.17, 15) is 4.79 Å². The van der Waals surface area contributed by atoms with Crippen molar-refractivity contribution < 1.29 is 19.0 Å². The van der Waals surface area contributed by atoms with Gasteiger partial charge in [-0.25, -0.2) is 5.43 Å². The van der Waals surface area contributed by atoms with E-state index in [1.165, 1.54) is 0 Å². The zero-order chi connectivity index (χ0) is 19.9. The predicted octanol–water partition coefficient (Wildman–Crippen LogP) is 3.51. The second-order valence-electron chi connectivity index (χ2n) is 5.81. The van der Waals surface area contributed by atoms with Crippen LogP contribution in [-0.4, -0.2) is 37.9 Å². The smallest absolute Gasteiger partial charge is 0.287 e. The van der Waals surface area contributed by atoms with E-state index in [0.717, 1.165) is 16.7 Å². The highest BCUT2D eigenvalue weighted by atomic mass is 16.5. The third-order valence-electron chi connectivity index (χ3n) is 4.03. The number of hydrogen-bond acceptors (Lipinski definition) is 5. The molecule has 1 amide bonds. The van der Waals surface area contributed by atoms with Crippen molar-refractivity contribution in [3.05, 3.63) is 66.4 Å². The van der Waals surface area contributed by atoms with Crippen molar-refractivity contribution in [2.45, 2.75) is 0 Å². The zero-order valence-electron chi connectivity index (χ0n) is 15.7. The van der Waals surface area contributed by atoms with Crippen LogP contribution in [0.25, 0.3) is 10.9 Å². The summed E-state index contributed by atoms with van der Waals surface area (Å²) in [6, 6.07) is 12.6. The van der Waals surface area contributed by atoms with Crippen molar-refractivity contribution in [1.82, 2.24) is 10.4 Å². The van der Waals surface area contributed by atoms with Crippen molar-refractivity contribution in [3.63, 3.8) is 0 Å². The number of hydrogen-bond donors (Lipinski definition) is 2. The van der Waals surface area contributed by atoms with Crippen LogP contribution in [0.1, 0.15) is 16.1 Å². The Labute approximate surface area is 162 Å². The topological polar surface area (TPSA) is 84.9 Å². The first-order valence-corrected chi connectivity index (χ1v) is 8.57. The summed E-state index contributed by atoms with van der Waals surface area (Å²) in [6.45, 7) is 4.05. The van der Waals surface area contributed by atoms with Crippen molar-refractivity contribution >= 4 is 23.0 Å². The monoisotopic (exact) mass is 379 g/mol. The summed E-state index contributed by atoms with van der Waals surface area (Å²) in [5.41, 5.74) is 4.37. The van der Waals surface area contributed by atoms with E-state index < -0.39 is 0 Å². The number of rotatable bonds is 8. The van der Waals surface area contributed by atoms with Gasteiger partial charge in [0, 0.05) is 5.39 Å². The predicted molar refractivity (Wildman–Crippen MR) is 109 cm³/mol. The van der Waals surface area contributed by atoms with Crippen molar-refractivity contribution in [2.75, 3.05) is 20.8 Å². The van der Waals surface area contributed by atoms with Gasteiger partial charge in [0.15, 0.2) is 0 Å². The number of fused-ring (bicyclic) bond motifs is 1. The number of nitrogens with zero attached hydrogens (tertiary/aromatic N) is 1. The van der Waals surface area contributed by atoms with Gasteiger partial charge in [-0.2, -0.15) is 5.10 Å². The maximum atomic E-state index is 12.4. The van der Waals surface area contributed by atoms with Crippen LogP contribution in [0, 0.1) is 0 Å². The Kier molecular flexibility index (Phi) is 5.96. The Morgan fingerprint density at radius 2 is 1.86 bits per heavy atom. The summed E-state index contributed by atoms with van der Waals surface area (Å²) < 4.78 is 16.1. The minimum absolute atomic E-state index is 0.350. The van der Waals surface area contributed by atoms with Crippen LogP contribution >= 0.6 is 0 Å². The lowest BCUT2D eigenvalue weighted by Gasteiger charge is -2.05. The highest BCUT2D eigenvalue weighted by Crippen LogP contribution is 2.33. The van der Waals surface area contributed by atoms with Crippen LogP contribution in [-0.2, 0) is 0 Å². The van der Waals surface area contributed by atoms with Gasteiger partial charge in [-0.05, 0) is 48.0 Å². The number of benzene rings is 2. The SMILES string of the molecule is C=CCOc1ccc(C=NNC(=O)c2cc3c(OC)ccc(OC)c3[nH]2)cc1. The van der Waals surface area contributed by atoms with Gasteiger partial charge in [-0.15, -0.1) is 0 Å². The average molecular weight is 379 g/mol. The fraction of sp³-hybridized carbons (Fsp3) is 0.143. The van der Waals surface area contributed by atoms with Gasteiger partial charge >= 0.3 is 0 Å². The summed E-state index contributed by atoms with van der Waals surface area (Å²) in [5.74, 6) is 1.63. The van der Waals surface area contributed by atoms with Crippen molar-refractivity contribution in [3.8, 4) is 17.2 Å². The molecular weight excluding hydrogens is 358 g/mol. The minimum atomic E-state index is -0.373. The first kappa shape index (κ1) is 19.0. The maximum Gasteiger partial charge on any atom is 0.287 e. The summed E-state index contributed by atoms with van der Waals surface area (Å²) >= 11 is 0. The number of aromatic nitrogens is 1. The number of methoxy groups -OCH3 is 2. The van der Waals surface area contributed by atoms with Gasteiger partial charge in [0.1, 0.15) is 29.5 Å². The van der Waals surface area contributed by atoms with Crippen LogP contribution < -0.4 is 19.6 Å². The number of hydrazone groups is 1. The fourth-order valence-corrected chi connectivity index (χ4v) is 2.67. The van der Waals surface area contributed by atoms with E-state index >= 15 is 0 Å². The van der Waals surface area contributed by atoms with Gasteiger partial charge in [-0.1, -0.05) is 12.7 Å². The largest absolute Gasteiger partial charge is 0.496 e. The molecule has 0 fully saturated rings. The molecule has 0 aliphatic carbocycles. The van der Waals surface area contributed by atoms with Gasteiger partial charge in [0.2, 0.25) is 0 Å². The number of carbonyl (C=O) groups excluding carboxylic acids is 1. The molecule has 0 radical (unpaired) electrons. The molecule has 0 spiro atoms. The molecule has 0 saturated carbocycles. The van der Waals surface area contributed by atoms with Crippen LogP contribution in [0.2, 0.25) is 0 Å². The molecule has 0 saturated heterocycles. The molecule has 1 aromatic heterocycles. The molecule has 0 unspecified atom stereocenters. The summed E-state index contributed by atoms with van der Waals surface area (Å²) in [6.07, 6.45) is 3.24. The van der Waals surface area contributed by atoms with Crippen LogP contribution in [0.5, 0.6) is 17.2 Å². The van der Waals surface area contributed by atoms with Gasteiger partial charge < -0.3 is 19.2 Å². The molecule has 3 rings (SSSR count). The summed E-state index contributed by atoms with van der Waals surface area (Å²) in [4.78, 5) is 15.5. The lowest BCUT2D eigenvalue weighted by Crippen LogP contribution is -2.17. The summed E-state index contributed by atoms with van der Waals surface area (Å²) in [7, 11) is 3.14. The molecular formula is C21H21N3O4. The van der Waals surface area contributed by atoms with Gasteiger partial charge in [-0.3, -0.25) is 4.79 Å². The Morgan fingerprint density at radius 1 is 1.14 bits per heavy atom. The van der Waals surface area contributed by atoms with Gasteiger partial charge in [0.05, 0.1) is 26.0 Å². The molecule has 0 bridgehead atoms. The Hall–Kier alpha value is -3.74. The number of H-pyrrole nitrogens is 1. The molecule has 1 heterocycles. The number of nitrogens with one attached hydrogen (secondary N) is 2. The van der Waals surface area contributed by atoms with Crippen molar-refractivity contribution in [2.24, 2.45) is 5.10 Å². The quantitative estimate of drug-likeness (QED) is 0.356. The Morgan fingerprint density at radius 3 is 2.54 bits per heavy atom. The lowest BCUT2D eigenvalue weighted by atomic mass is 10.2. The molecule has 0 aliphatic rings. The van der Waals surface area contributed by atoms with E-state index in [4.69, 9.17) is 14.2 Å². The third-order valence-corrected chi connectivity index (χ3v) is 4.03. The number of carbonyl (C=O) groups is 1. The van der Waals surface area contributed by atoms with E-state index in [-0.39, 0.29) is 5.91 Å². The third kappa shape index (κ3) is 4.15. The molecule has 0 aliphatic heterocycles. The molecule has 144 valence electrons. The number of amides is 1. The van der Waals surface area contributed by atoms with E-state index in [1.807, 2.05) is 24.3 Å². The van der Waals surface area contributed by atoms with Gasteiger partial charge in [0.25, 0.3) is 5.91 Å². The molecule has 0 atom stereocenters. The van der Waals surface area contributed by atoms with E-state index in [2.05, 4.69) is 22.1 Å². The number of ether oxygens (including phenoxy) is 3. The van der Waals surface area contributed by atoms with Crippen LogP contribution in [0.4, 0.5) is 0 Å². The zero-order valence-corrected chi connectivity index (χ0v) is 15.7. The highest BCUT2D eigenvalue weighted by molar-refractivity contribution is 6.01. The molecule has 2 aromatic carbocycles. The second-order valence-corrected chi connectivity index (χ2v) is 5.81. The Bertz CT molecular complexity index is 965. The highest BCUT2D eigenvalue weighted by Gasteiger charge is 2.15. The maximum absolute atomic E-state index is 12.4. The molecule has 2 N–H and O–H groups in total. The molecule has 3 aromatic rings. The summed E-state index contributed by atoms with van der Waals surface area (Å²) in [5, 5.41) is 4.76. The van der Waals surface area contributed by atoms with E-state index in [1.54, 1.807) is 44.7 Å². The van der Waals surface area contributed by atoms with E-state index in [0.29, 0.717) is 29.3 Å².